The van der Waals surface area contributed by atoms with Crippen LogP contribution in [-0.4, -0.2) is 51.7 Å². The highest BCUT2D eigenvalue weighted by Crippen LogP contribution is 2.39. The summed E-state index contributed by atoms with van der Waals surface area (Å²) >= 11 is 0. The van der Waals surface area contributed by atoms with Gasteiger partial charge in [-0.3, -0.25) is 9.79 Å². The van der Waals surface area contributed by atoms with E-state index in [2.05, 4.69) is 33.8 Å². The quantitative estimate of drug-likeness (QED) is 0.499. The van der Waals surface area contributed by atoms with Crippen LogP contribution in [0.2, 0.25) is 0 Å². The number of hydrogen-bond acceptors (Lipinski definition) is 5. The van der Waals surface area contributed by atoms with Crippen molar-refractivity contribution in [3.63, 3.8) is 0 Å². The number of amides is 1. The molecule has 2 aromatic carbocycles. The summed E-state index contributed by atoms with van der Waals surface area (Å²) in [6.07, 6.45) is 1.60. The van der Waals surface area contributed by atoms with Gasteiger partial charge in [0.25, 0.3) is 0 Å². The van der Waals surface area contributed by atoms with Crippen LogP contribution in [-0.2, 0) is 17.9 Å². The first-order valence-electron chi connectivity index (χ1n) is 10.2. The molecule has 1 fully saturated rings. The number of guanidine groups is 1. The Morgan fingerprint density at radius 2 is 1.77 bits per heavy atom. The van der Waals surface area contributed by atoms with Crippen molar-refractivity contribution in [1.82, 2.24) is 10.2 Å². The summed E-state index contributed by atoms with van der Waals surface area (Å²) in [4.78, 5) is 18.1. The maximum absolute atomic E-state index is 11.9. The minimum Gasteiger partial charge on any atom is -0.493 e. The largest absolute Gasteiger partial charge is 0.493 e. The van der Waals surface area contributed by atoms with E-state index >= 15 is 0 Å². The molecule has 0 aromatic heterocycles. The summed E-state index contributed by atoms with van der Waals surface area (Å²) in [5.74, 6) is 2.49. The van der Waals surface area contributed by atoms with E-state index in [0.29, 0.717) is 42.7 Å². The molecule has 31 heavy (non-hydrogen) atoms. The molecule has 1 heterocycles. The van der Waals surface area contributed by atoms with E-state index in [0.717, 1.165) is 29.8 Å². The van der Waals surface area contributed by atoms with Crippen molar-refractivity contribution in [2.24, 2.45) is 4.99 Å². The Hall–Kier alpha value is -3.42. The van der Waals surface area contributed by atoms with Crippen molar-refractivity contribution in [2.45, 2.75) is 25.9 Å². The molecular formula is C23H30N4O4. The average molecular weight is 427 g/mol. The summed E-state index contributed by atoms with van der Waals surface area (Å²) in [6, 6.07) is 11.9. The monoisotopic (exact) mass is 426 g/mol. The van der Waals surface area contributed by atoms with Crippen LogP contribution in [0.5, 0.6) is 17.2 Å². The lowest BCUT2D eigenvalue weighted by atomic mass is 10.1. The Bertz CT molecular complexity index is 920. The van der Waals surface area contributed by atoms with E-state index < -0.39 is 0 Å². The van der Waals surface area contributed by atoms with Gasteiger partial charge in [-0.05, 0) is 17.5 Å². The molecule has 1 aliphatic heterocycles. The SMILES string of the molecule is CN=C(NCc1cccc(CN2CCCC2=O)c1)Nc1cc(OC)c(OC)c(OC)c1. The minimum absolute atomic E-state index is 0.235. The molecule has 1 amide bonds. The number of hydrogen-bond donors (Lipinski definition) is 2. The predicted molar refractivity (Wildman–Crippen MR) is 121 cm³/mol. The molecule has 1 saturated heterocycles. The molecular weight excluding hydrogens is 396 g/mol. The number of benzene rings is 2. The molecule has 0 radical (unpaired) electrons. The number of methoxy groups -OCH3 is 3. The smallest absolute Gasteiger partial charge is 0.222 e. The van der Waals surface area contributed by atoms with Gasteiger partial charge in [-0.2, -0.15) is 0 Å². The van der Waals surface area contributed by atoms with Gasteiger partial charge in [0.1, 0.15) is 0 Å². The molecule has 8 heteroatoms. The second-order valence-corrected chi connectivity index (χ2v) is 7.20. The Morgan fingerprint density at radius 1 is 1.06 bits per heavy atom. The summed E-state index contributed by atoms with van der Waals surface area (Å²) < 4.78 is 16.2. The Kier molecular flexibility index (Phi) is 7.59. The Balaban J connectivity index is 1.65. The number of anilines is 1. The van der Waals surface area contributed by atoms with Gasteiger partial charge in [0.2, 0.25) is 11.7 Å². The number of nitrogens with one attached hydrogen (secondary N) is 2. The van der Waals surface area contributed by atoms with Gasteiger partial charge in [0.15, 0.2) is 17.5 Å². The van der Waals surface area contributed by atoms with Gasteiger partial charge in [0, 0.05) is 50.9 Å². The van der Waals surface area contributed by atoms with E-state index in [9.17, 15) is 4.79 Å². The summed E-state index contributed by atoms with van der Waals surface area (Å²) in [5, 5.41) is 6.56. The van der Waals surface area contributed by atoms with Crippen molar-refractivity contribution in [1.29, 1.82) is 0 Å². The van der Waals surface area contributed by atoms with E-state index in [-0.39, 0.29) is 5.91 Å². The maximum atomic E-state index is 11.9. The van der Waals surface area contributed by atoms with Crippen LogP contribution in [0.4, 0.5) is 5.69 Å². The lowest BCUT2D eigenvalue weighted by Gasteiger charge is -2.17. The minimum atomic E-state index is 0.235. The fraction of sp³-hybridized carbons (Fsp3) is 0.391. The van der Waals surface area contributed by atoms with Crippen molar-refractivity contribution < 1.29 is 19.0 Å². The Labute approximate surface area is 183 Å². The number of nitrogens with zero attached hydrogens (tertiary/aromatic N) is 2. The molecule has 3 rings (SSSR count). The van der Waals surface area contributed by atoms with Gasteiger partial charge in [-0.1, -0.05) is 24.3 Å². The van der Waals surface area contributed by atoms with Gasteiger partial charge in [0.05, 0.1) is 21.3 Å². The molecule has 8 nitrogen and oxygen atoms in total. The fourth-order valence-electron chi connectivity index (χ4n) is 3.58. The lowest BCUT2D eigenvalue weighted by Crippen LogP contribution is -2.30. The second kappa shape index (κ2) is 10.6. The van der Waals surface area contributed by atoms with Gasteiger partial charge < -0.3 is 29.7 Å². The molecule has 0 unspecified atom stereocenters. The average Bonchev–Trinajstić information content (AvgIpc) is 3.20. The van der Waals surface area contributed by atoms with Crippen LogP contribution in [0.15, 0.2) is 41.4 Å². The van der Waals surface area contributed by atoms with Crippen LogP contribution in [0.3, 0.4) is 0 Å². The van der Waals surface area contributed by atoms with Crippen molar-refractivity contribution in [3.05, 3.63) is 47.5 Å². The predicted octanol–water partition coefficient (Wildman–Crippen LogP) is 3.02. The third kappa shape index (κ3) is 5.59. The number of carbonyl (C=O) groups excluding carboxylic acids is 1. The normalized spacial score (nSPS) is 13.9. The van der Waals surface area contributed by atoms with Crippen LogP contribution in [0.25, 0.3) is 0 Å². The third-order valence-electron chi connectivity index (χ3n) is 5.15. The van der Waals surface area contributed by atoms with E-state index in [1.165, 1.54) is 0 Å². The molecule has 166 valence electrons. The standard InChI is InChI=1S/C23H30N4O4/c1-24-23(26-18-12-19(29-2)22(31-4)20(13-18)30-3)25-14-16-7-5-8-17(11-16)15-27-10-6-9-21(27)28/h5,7-8,11-13H,6,9-10,14-15H2,1-4H3,(H2,24,25,26). The van der Waals surface area contributed by atoms with Crippen LogP contribution >= 0.6 is 0 Å². The van der Waals surface area contributed by atoms with Crippen LogP contribution in [0.1, 0.15) is 24.0 Å². The number of aliphatic imine (C=N–C) groups is 1. The number of likely N-dealkylation sites (tertiary alicyclic amines) is 1. The third-order valence-corrected chi connectivity index (χ3v) is 5.15. The molecule has 0 saturated carbocycles. The van der Waals surface area contributed by atoms with Crippen molar-refractivity contribution in [2.75, 3.05) is 40.2 Å². The molecule has 1 aliphatic rings. The first-order chi connectivity index (χ1) is 15.1. The van der Waals surface area contributed by atoms with Gasteiger partial charge >= 0.3 is 0 Å². The van der Waals surface area contributed by atoms with E-state index in [1.807, 2.05) is 23.1 Å². The van der Waals surface area contributed by atoms with Crippen molar-refractivity contribution in [3.8, 4) is 17.2 Å². The zero-order valence-electron chi connectivity index (χ0n) is 18.5. The van der Waals surface area contributed by atoms with Crippen molar-refractivity contribution >= 4 is 17.6 Å². The fourth-order valence-corrected chi connectivity index (χ4v) is 3.58. The Morgan fingerprint density at radius 3 is 2.35 bits per heavy atom. The molecule has 0 bridgehead atoms. The summed E-state index contributed by atoms with van der Waals surface area (Å²) in [6.45, 7) is 2.09. The molecule has 2 aromatic rings. The van der Waals surface area contributed by atoms with Crippen LogP contribution < -0.4 is 24.8 Å². The van der Waals surface area contributed by atoms with E-state index in [4.69, 9.17) is 14.2 Å². The van der Waals surface area contributed by atoms with E-state index in [1.54, 1.807) is 28.4 Å². The zero-order chi connectivity index (χ0) is 22.2. The molecule has 0 spiro atoms. The summed E-state index contributed by atoms with van der Waals surface area (Å²) in [7, 11) is 6.44. The molecule has 0 aliphatic carbocycles. The molecule has 0 atom stereocenters. The van der Waals surface area contributed by atoms with Gasteiger partial charge in [-0.15, -0.1) is 0 Å². The highest BCUT2D eigenvalue weighted by Gasteiger charge is 2.20. The highest BCUT2D eigenvalue weighted by atomic mass is 16.5. The maximum Gasteiger partial charge on any atom is 0.222 e. The summed E-state index contributed by atoms with van der Waals surface area (Å²) in [5.41, 5.74) is 2.99. The topological polar surface area (TPSA) is 84.4 Å². The zero-order valence-corrected chi connectivity index (χ0v) is 18.5. The number of carbonyl (C=O) groups is 1. The second-order valence-electron chi connectivity index (χ2n) is 7.20. The van der Waals surface area contributed by atoms with Gasteiger partial charge in [-0.25, -0.2) is 0 Å². The lowest BCUT2D eigenvalue weighted by molar-refractivity contribution is -0.128. The first-order valence-corrected chi connectivity index (χ1v) is 10.2. The highest BCUT2D eigenvalue weighted by molar-refractivity contribution is 5.94. The number of ether oxygens (including phenoxy) is 3. The first kappa shape index (κ1) is 22.3. The molecule has 2 N–H and O–H groups in total. The number of rotatable bonds is 8. The van der Waals surface area contributed by atoms with Crippen LogP contribution in [0, 0.1) is 0 Å².